The van der Waals surface area contributed by atoms with Crippen LogP contribution < -0.4 is 10.1 Å². The number of hydrogen-bond acceptors (Lipinski definition) is 3. The maximum atomic E-state index is 11.9. The Balaban J connectivity index is 2.42. The van der Waals surface area contributed by atoms with Crippen LogP contribution in [0.15, 0.2) is 24.3 Å². The Morgan fingerprint density at radius 2 is 1.81 bits per heavy atom. The number of halogens is 3. The third kappa shape index (κ3) is 7.34. The molecule has 1 rings (SSSR count). The normalized spacial score (nSPS) is 13.2. The van der Waals surface area contributed by atoms with Crippen LogP contribution >= 0.6 is 0 Å². The highest BCUT2D eigenvalue weighted by atomic mass is 19.4. The second-order valence-corrected chi connectivity index (χ2v) is 4.71. The van der Waals surface area contributed by atoms with E-state index in [0.29, 0.717) is 5.75 Å². The molecule has 1 atom stereocenters. The van der Waals surface area contributed by atoms with Crippen molar-refractivity contribution in [3.8, 4) is 5.75 Å². The molecule has 120 valence electrons. The molecule has 0 saturated heterocycles. The van der Waals surface area contributed by atoms with Gasteiger partial charge in [-0.3, -0.25) is 0 Å². The zero-order valence-electron chi connectivity index (χ0n) is 12.4. The summed E-state index contributed by atoms with van der Waals surface area (Å²) in [5, 5.41) is 3.43. The minimum Gasteiger partial charge on any atom is -0.468 e. The Bertz CT molecular complexity index is 393. The molecule has 0 aliphatic rings. The molecule has 1 aromatic rings. The van der Waals surface area contributed by atoms with Crippen molar-refractivity contribution in [3.05, 3.63) is 29.8 Å². The topological polar surface area (TPSA) is 30.5 Å². The predicted molar refractivity (Wildman–Crippen MR) is 75.3 cm³/mol. The van der Waals surface area contributed by atoms with Crippen molar-refractivity contribution < 1.29 is 22.6 Å². The van der Waals surface area contributed by atoms with Crippen LogP contribution in [0.5, 0.6) is 5.75 Å². The van der Waals surface area contributed by atoms with E-state index in [1.165, 1.54) is 0 Å². The lowest BCUT2D eigenvalue weighted by Gasteiger charge is -2.17. The fourth-order valence-corrected chi connectivity index (χ4v) is 1.88. The lowest BCUT2D eigenvalue weighted by molar-refractivity contribution is -0.186. The maximum absolute atomic E-state index is 11.9. The van der Waals surface area contributed by atoms with Gasteiger partial charge in [0.15, 0.2) is 6.79 Å². The molecule has 0 heterocycles. The number of nitrogens with one attached hydrogen (secondary N) is 1. The zero-order valence-corrected chi connectivity index (χ0v) is 12.4. The van der Waals surface area contributed by atoms with Gasteiger partial charge in [-0.05, 0) is 37.1 Å². The Morgan fingerprint density at radius 1 is 1.14 bits per heavy atom. The van der Waals surface area contributed by atoms with Crippen LogP contribution in [0.1, 0.15) is 38.3 Å². The first-order valence-corrected chi connectivity index (χ1v) is 7.07. The average Bonchev–Trinajstić information content (AvgIpc) is 2.45. The van der Waals surface area contributed by atoms with E-state index < -0.39 is 19.6 Å². The number of alkyl halides is 3. The monoisotopic (exact) mass is 305 g/mol. The summed E-state index contributed by atoms with van der Waals surface area (Å²) in [6.07, 6.45) is -2.30. The Hall–Kier alpha value is -1.27. The number of hydrogen-bond donors (Lipinski definition) is 1. The van der Waals surface area contributed by atoms with Gasteiger partial charge in [-0.2, -0.15) is 13.2 Å². The standard InChI is InChI=1S/C15H22F3NO2/c1-3-9-19-14(4-2)12-5-7-13(8-6-12)21-11-20-10-15(16,17)18/h5-8,14,19H,3-4,9-11H2,1-2H3. The second kappa shape index (κ2) is 8.89. The third-order valence-corrected chi connectivity index (χ3v) is 2.91. The quantitative estimate of drug-likeness (QED) is 0.551. The second-order valence-electron chi connectivity index (χ2n) is 4.71. The summed E-state index contributed by atoms with van der Waals surface area (Å²) in [4.78, 5) is 0. The van der Waals surface area contributed by atoms with Gasteiger partial charge in [0, 0.05) is 6.04 Å². The summed E-state index contributed by atoms with van der Waals surface area (Å²) in [5.74, 6) is 0.492. The lowest BCUT2D eigenvalue weighted by atomic mass is 10.0. The molecule has 0 amide bonds. The summed E-state index contributed by atoms with van der Waals surface area (Å²) in [6, 6.07) is 7.58. The summed E-state index contributed by atoms with van der Waals surface area (Å²) < 4.78 is 45.1. The van der Waals surface area contributed by atoms with Crippen LogP contribution in [0.2, 0.25) is 0 Å². The van der Waals surface area contributed by atoms with Crippen LogP contribution in [0, 0.1) is 0 Å². The average molecular weight is 305 g/mol. The smallest absolute Gasteiger partial charge is 0.411 e. The Labute approximate surface area is 123 Å². The van der Waals surface area contributed by atoms with Gasteiger partial charge in [-0.15, -0.1) is 0 Å². The van der Waals surface area contributed by atoms with E-state index in [-0.39, 0.29) is 6.04 Å². The lowest BCUT2D eigenvalue weighted by Crippen LogP contribution is -2.21. The van der Waals surface area contributed by atoms with Crippen molar-refractivity contribution in [1.29, 1.82) is 0 Å². The first kappa shape index (κ1) is 17.8. The molecule has 6 heteroatoms. The van der Waals surface area contributed by atoms with Crippen LogP contribution in [-0.2, 0) is 4.74 Å². The molecule has 0 saturated carbocycles. The van der Waals surface area contributed by atoms with Crippen LogP contribution in [0.4, 0.5) is 13.2 Å². The third-order valence-electron chi connectivity index (χ3n) is 2.91. The van der Waals surface area contributed by atoms with E-state index in [1.54, 1.807) is 12.1 Å². The van der Waals surface area contributed by atoms with Gasteiger partial charge in [0.05, 0.1) is 0 Å². The van der Waals surface area contributed by atoms with Gasteiger partial charge in [0.25, 0.3) is 0 Å². The predicted octanol–water partition coefficient (Wildman–Crippen LogP) is 4.05. The molecule has 0 radical (unpaired) electrons. The summed E-state index contributed by atoms with van der Waals surface area (Å²) >= 11 is 0. The molecule has 0 aromatic heterocycles. The van der Waals surface area contributed by atoms with Gasteiger partial charge >= 0.3 is 6.18 Å². The van der Waals surface area contributed by atoms with Crippen LogP contribution in [-0.4, -0.2) is 26.1 Å². The minimum atomic E-state index is -4.33. The Morgan fingerprint density at radius 3 is 2.33 bits per heavy atom. The van der Waals surface area contributed by atoms with Gasteiger partial charge in [-0.25, -0.2) is 0 Å². The highest BCUT2D eigenvalue weighted by molar-refractivity contribution is 5.29. The van der Waals surface area contributed by atoms with Gasteiger partial charge < -0.3 is 14.8 Å². The first-order valence-electron chi connectivity index (χ1n) is 7.07. The van der Waals surface area contributed by atoms with Gasteiger partial charge in [-0.1, -0.05) is 26.0 Å². The van der Waals surface area contributed by atoms with Crippen molar-refractivity contribution >= 4 is 0 Å². The van der Waals surface area contributed by atoms with Crippen molar-refractivity contribution in [2.45, 2.75) is 38.9 Å². The Kier molecular flexibility index (Phi) is 7.53. The van der Waals surface area contributed by atoms with E-state index in [2.05, 4.69) is 23.9 Å². The van der Waals surface area contributed by atoms with Crippen molar-refractivity contribution in [2.75, 3.05) is 19.9 Å². The molecule has 0 aliphatic carbocycles. The van der Waals surface area contributed by atoms with Crippen LogP contribution in [0.3, 0.4) is 0 Å². The number of rotatable bonds is 9. The van der Waals surface area contributed by atoms with Gasteiger partial charge in [0.2, 0.25) is 0 Å². The molecule has 0 bridgehead atoms. The molecule has 21 heavy (non-hydrogen) atoms. The summed E-state index contributed by atoms with van der Waals surface area (Å²) in [6.45, 7) is 3.44. The molecule has 1 aromatic carbocycles. The molecule has 3 nitrogen and oxygen atoms in total. The highest BCUT2D eigenvalue weighted by Gasteiger charge is 2.27. The maximum Gasteiger partial charge on any atom is 0.411 e. The fraction of sp³-hybridized carbons (Fsp3) is 0.600. The number of benzene rings is 1. The van der Waals surface area contributed by atoms with E-state index in [4.69, 9.17) is 4.74 Å². The van der Waals surface area contributed by atoms with Crippen molar-refractivity contribution in [3.63, 3.8) is 0 Å². The fourth-order valence-electron chi connectivity index (χ4n) is 1.88. The van der Waals surface area contributed by atoms with Crippen LogP contribution in [0.25, 0.3) is 0 Å². The molecule has 1 unspecified atom stereocenters. The zero-order chi connectivity index (χ0) is 15.7. The summed E-state index contributed by atoms with van der Waals surface area (Å²) in [5.41, 5.74) is 1.13. The minimum absolute atomic E-state index is 0.278. The molecule has 0 spiro atoms. The molecular formula is C15H22F3NO2. The van der Waals surface area contributed by atoms with Gasteiger partial charge in [0.1, 0.15) is 12.4 Å². The van der Waals surface area contributed by atoms with E-state index in [0.717, 1.165) is 24.9 Å². The van der Waals surface area contributed by atoms with Crippen molar-refractivity contribution in [2.24, 2.45) is 0 Å². The molecule has 0 fully saturated rings. The summed E-state index contributed by atoms with van der Waals surface area (Å²) in [7, 11) is 0. The molecular weight excluding hydrogens is 283 g/mol. The highest BCUT2D eigenvalue weighted by Crippen LogP contribution is 2.20. The first-order chi connectivity index (χ1) is 9.96. The van der Waals surface area contributed by atoms with E-state index >= 15 is 0 Å². The van der Waals surface area contributed by atoms with E-state index in [1.807, 2.05) is 12.1 Å². The number of ether oxygens (including phenoxy) is 2. The largest absolute Gasteiger partial charge is 0.468 e. The van der Waals surface area contributed by atoms with Crippen molar-refractivity contribution in [1.82, 2.24) is 5.32 Å². The molecule has 0 aliphatic heterocycles. The SMILES string of the molecule is CCCNC(CC)c1ccc(OCOCC(F)(F)F)cc1. The molecule has 1 N–H and O–H groups in total. The van der Waals surface area contributed by atoms with E-state index in [9.17, 15) is 13.2 Å².